The lowest BCUT2D eigenvalue weighted by Crippen LogP contribution is -2.48. The molecule has 0 unspecified atom stereocenters. The van der Waals surface area contributed by atoms with Crippen LogP contribution in [0.2, 0.25) is 5.02 Å². The zero-order valence-electron chi connectivity index (χ0n) is 23.7. The number of halogens is 2. The fraction of sp³-hybridized carbons (Fsp3) is 0.333. The molecule has 2 aliphatic heterocycles. The molecule has 2 atom stereocenters. The third-order valence-electron chi connectivity index (χ3n) is 8.19. The first-order valence-corrected chi connectivity index (χ1v) is 16.5. The van der Waals surface area contributed by atoms with E-state index < -0.39 is 10.8 Å². The van der Waals surface area contributed by atoms with Gasteiger partial charge in [-0.15, -0.1) is 11.8 Å². The third kappa shape index (κ3) is 6.66. The molecule has 2 saturated heterocycles. The molecule has 224 valence electrons. The number of morpholine rings is 1. The molecule has 2 fully saturated rings. The van der Waals surface area contributed by atoms with E-state index in [4.69, 9.17) is 16.3 Å². The molecule has 4 aromatic rings. The number of aromatic nitrogens is 1. The van der Waals surface area contributed by atoms with Crippen LogP contribution in [0.4, 0.5) is 0 Å². The minimum absolute atomic E-state index is 0.0591. The van der Waals surface area contributed by atoms with Gasteiger partial charge in [0.25, 0.3) is 0 Å². The quantitative estimate of drug-likeness (QED) is 0.189. The van der Waals surface area contributed by atoms with E-state index >= 15 is 0 Å². The summed E-state index contributed by atoms with van der Waals surface area (Å²) in [6.45, 7) is 5.11. The average molecular weight is 682 g/mol. The van der Waals surface area contributed by atoms with Crippen molar-refractivity contribution in [3.8, 4) is 0 Å². The van der Waals surface area contributed by atoms with Crippen molar-refractivity contribution >= 4 is 62.0 Å². The Morgan fingerprint density at radius 1 is 1.09 bits per heavy atom. The van der Waals surface area contributed by atoms with E-state index in [1.807, 2.05) is 77.8 Å². The smallest absolute Gasteiger partial charge is 0.239 e. The number of nitrogens with zero attached hydrogens (tertiary/aromatic N) is 2. The summed E-state index contributed by atoms with van der Waals surface area (Å²) < 4.78 is 5.31. The van der Waals surface area contributed by atoms with Crippen molar-refractivity contribution in [3.05, 3.63) is 99.6 Å². The molecule has 0 radical (unpaired) electrons. The van der Waals surface area contributed by atoms with Crippen molar-refractivity contribution in [2.75, 3.05) is 39.4 Å². The predicted molar refractivity (Wildman–Crippen MR) is 175 cm³/mol. The number of nitrogens with one attached hydrogen (secondary N) is 2. The third-order valence-corrected chi connectivity index (χ3v) is 10.4. The second-order valence-electron chi connectivity index (χ2n) is 11.0. The standard InChI is InChI=1S/C33H34BrClN4O3S/c34-24-9-12-29-27(19-24)28(21-37-29)31-33(43-26-5-2-1-3-6-26,32(41)36-13-4-14-38-15-17-42-18-16-38)20-30(40)39(31)22-23-7-10-25(35)11-8-23/h1-3,5-12,19,21,31,37H,4,13-18,20,22H2,(H,36,41)/t31-,33-/m0/s1. The fourth-order valence-corrected chi connectivity index (χ4v) is 7.99. The molecule has 2 aliphatic rings. The SMILES string of the molecule is O=C1C[C@@](Sc2ccccc2)(C(=O)NCCCN2CCOCC2)[C@H](c2c[nH]c3ccc(Br)cc23)N1Cc1ccc(Cl)cc1. The van der Waals surface area contributed by atoms with E-state index in [-0.39, 0.29) is 18.2 Å². The molecule has 0 spiro atoms. The minimum Gasteiger partial charge on any atom is -0.379 e. The van der Waals surface area contributed by atoms with Gasteiger partial charge in [0, 0.05) is 63.2 Å². The van der Waals surface area contributed by atoms with Gasteiger partial charge < -0.3 is 19.9 Å². The number of carbonyl (C=O) groups excluding carboxylic acids is 2. The highest BCUT2D eigenvalue weighted by atomic mass is 79.9. The molecule has 7 nitrogen and oxygen atoms in total. The number of likely N-dealkylation sites (tertiary alicyclic amines) is 1. The summed E-state index contributed by atoms with van der Waals surface area (Å²) in [7, 11) is 0. The Bertz CT molecular complexity index is 1580. The molecule has 0 aliphatic carbocycles. The van der Waals surface area contributed by atoms with Crippen molar-refractivity contribution < 1.29 is 14.3 Å². The molecule has 6 rings (SSSR count). The van der Waals surface area contributed by atoms with Crippen LogP contribution in [0.1, 0.15) is 30.0 Å². The normalized spacial score (nSPS) is 21.0. The van der Waals surface area contributed by atoms with Crippen LogP contribution in [-0.4, -0.2) is 70.7 Å². The number of ether oxygens (including phenoxy) is 1. The van der Waals surface area contributed by atoms with Crippen LogP contribution < -0.4 is 5.32 Å². The molecule has 0 saturated carbocycles. The van der Waals surface area contributed by atoms with Crippen LogP contribution in [-0.2, 0) is 20.9 Å². The van der Waals surface area contributed by atoms with Crippen LogP contribution in [0.5, 0.6) is 0 Å². The summed E-state index contributed by atoms with van der Waals surface area (Å²) in [5, 5.41) is 4.87. The average Bonchev–Trinajstić information content (AvgIpc) is 3.54. The van der Waals surface area contributed by atoms with Crippen LogP contribution in [0, 0.1) is 0 Å². The summed E-state index contributed by atoms with van der Waals surface area (Å²) in [5.74, 6) is -0.180. The number of H-pyrrole nitrogens is 1. The van der Waals surface area contributed by atoms with Gasteiger partial charge in [-0.3, -0.25) is 14.5 Å². The first-order chi connectivity index (χ1) is 20.9. The number of carbonyl (C=O) groups is 2. The van der Waals surface area contributed by atoms with Gasteiger partial charge in [0.15, 0.2) is 0 Å². The number of benzene rings is 3. The lowest BCUT2D eigenvalue weighted by atomic mass is 9.91. The number of amides is 2. The highest BCUT2D eigenvalue weighted by Gasteiger charge is 2.58. The largest absolute Gasteiger partial charge is 0.379 e. The lowest BCUT2D eigenvalue weighted by Gasteiger charge is -2.36. The zero-order chi connectivity index (χ0) is 29.8. The Labute approximate surface area is 269 Å². The molecule has 3 heterocycles. The molecular formula is C33H34BrClN4O3S. The van der Waals surface area contributed by atoms with Crippen molar-refractivity contribution in [2.24, 2.45) is 0 Å². The second kappa shape index (κ2) is 13.4. The maximum absolute atomic E-state index is 14.5. The van der Waals surface area contributed by atoms with E-state index in [1.165, 1.54) is 11.8 Å². The number of aromatic amines is 1. The van der Waals surface area contributed by atoms with Gasteiger partial charge in [-0.05, 0) is 61.0 Å². The molecular weight excluding hydrogens is 648 g/mol. The van der Waals surface area contributed by atoms with Crippen LogP contribution >= 0.6 is 39.3 Å². The Balaban J connectivity index is 1.38. The predicted octanol–water partition coefficient (Wildman–Crippen LogP) is 6.43. The topological polar surface area (TPSA) is 77.7 Å². The molecule has 2 amide bonds. The van der Waals surface area contributed by atoms with E-state index in [0.29, 0.717) is 18.1 Å². The first-order valence-electron chi connectivity index (χ1n) is 14.6. The van der Waals surface area contributed by atoms with Crippen LogP contribution in [0.3, 0.4) is 0 Å². The summed E-state index contributed by atoms with van der Waals surface area (Å²) in [4.78, 5) is 37.2. The second-order valence-corrected chi connectivity index (χ2v) is 13.8. The summed E-state index contributed by atoms with van der Waals surface area (Å²) >= 11 is 11.3. The number of rotatable bonds is 10. The summed E-state index contributed by atoms with van der Waals surface area (Å²) in [6.07, 6.45) is 2.87. The number of thioether (sulfide) groups is 1. The number of fused-ring (bicyclic) bond motifs is 1. The lowest BCUT2D eigenvalue weighted by molar-refractivity contribution is -0.129. The van der Waals surface area contributed by atoms with Gasteiger partial charge in [-0.2, -0.15) is 0 Å². The summed E-state index contributed by atoms with van der Waals surface area (Å²) in [6, 6.07) is 23.0. The van der Waals surface area contributed by atoms with E-state index in [1.54, 1.807) is 0 Å². The Morgan fingerprint density at radius 3 is 2.63 bits per heavy atom. The van der Waals surface area contributed by atoms with Gasteiger partial charge >= 0.3 is 0 Å². The van der Waals surface area contributed by atoms with E-state index in [9.17, 15) is 9.59 Å². The zero-order valence-corrected chi connectivity index (χ0v) is 26.9. The van der Waals surface area contributed by atoms with E-state index in [2.05, 4.69) is 37.2 Å². The fourth-order valence-electron chi connectivity index (χ4n) is 6.06. The maximum Gasteiger partial charge on any atom is 0.239 e. The Hall–Kier alpha value is -2.82. The van der Waals surface area contributed by atoms with Crippen LogP contribution in [0.15, 0.2) is 88.4 Å². The minimum atomic E-state index is -1.10. The van der Waals surface area contributed by atoms with Gasteiger partial charge in [0.1, 0.15) is 4.75 Å². The van der Waals surface area contributed by atoms with Crippen molar-refractivity contribution in [2.45, 2.75) is 35.1 Å². The van der Waals surface area contributed by atoms with Crippen molar-refractivity contribution in [1.29, 1.82) is 0 Å². The molecule has 3 aromatic carbocycles. The molecule has 2 N–H and O–H groups in total. The first kappa shape index (κ1) is 30.2. The van der Waals surface area contributed by atoms with Gasteiger partial charge in [-0.25, -0.2) is 0 Å². The van der Waals surface area contributed by atoms with Gasteiger partial charge in [0.05, 0.1) is 25.7 Å². The molecule has 10 heteroatoms. The Kier molecular flexibility index (Phi) is 9.45. The number of hydrogen-bond acceptors (Lipinski definition) is 5. The Morgan fingerprint density at radius 2 is 1.86 bits per heavy atom. The maximum atomic E-state index is 14.5. The van der Waals surface area contributed by atoms with Crippen molar-refractivity contribution in [3.63, 3.8) is 0 Å². The van der Waals surface area contributed by atoms with Gasteiger partial charge in [0.2, 0.25) is 11.8 Å². The molecule has 0 bridgehead atoms. The summed E-state index contributed by atoms with van der Waals surface area (Å²) in [5.41, 5.74) is 2.83. The van der Waals surface area contributed by atoms with Gasteiger partial charge in [-0.1, -0.05) is 57.9 Å². The highest BCUT2D eigenvalue weighted by Crippen LogP contribution is 2.54. The van der Waals surface area contributed by atoms with E-state index in [0.717, 1.165) is 70.7 Å². The highest BCUT2D eigenvalue weighted by molar-refractivity contribution is 9.10. The van der Waals surface area contributed by atoms with Crippen LogP contribution in [0.25, 0.3) is 10.9 Å². The molecule has 1 aromatic heterocycles. The number of hydrogen-bond donors (Lipinski definition) is 2. The molecule has 43 heavy (non-hydrogen) atoms. The monoisotopic (exact) mass is 680 g/mol. The van der Waals surface area contributed by atoms with Crippen molar-refractivity contribution in [1.82, 2.24) is 20.1 Å².